The Balaban J connectivity index is 1.69. The number of thiol groups is 1. The molecular formula is C18H26O2S. The van der Waals surface area contributed by atoms with Crippen molar-refractivity contribution < 1.29 is 9.90 Å². The van der Waals surface area contributed by atoms with Gasteiger partial charge in [-0.3, -0.25) is 4.79 Å². The monoisotopic (exact) mass is 306 g/mol. The number of hydrogen-bond acceptors (Lipinski definition) is 3. The first-order valence-corrected chi connectivity index (χ1v) is 9.04. The molecule has 4 aliphatic rings. The zero-order valence-electron chi connectivity index (χ0n) is 12.8. The van der Waals surface area contributed by atoms with E-state index in [2.05, 4.69) is 6.92 Å². The second-order valence-corrected chi connectivity index (χ2v) is 8.91. The van der Waals surface area contributed by atoms with Gasteiger partial charge in [-0.15, -0.1) is 0 Å². The fourth-order valence-electron chi connectivity index (χ4n) is 6.16. The Morgan fingerprint density at radius 3 is 2.76 bits per heavy atom. The van der Waals surface area contributed by atoms with E-state index in [4.69, 9.17) is 12.6 Å². The Morgan fingerprint density at radius 2 is 1.95 bits per heavy atom. The maximum Gasteiger partial charge on any atom is 0.155 e. The number of carbonyl (C=O) groups is 1. The number of rotatable bonds is 0. The first-order chi connectivity index (χ1) is 9.95. The summed E-state index contributed by atoms with van der Waals surface area (Å²) in [6, 6.07) is 0. The van der Waals surface area contributed by atoms with Crippen molar-refractivity contribution in [2.24, 2.45) is 23.2 Å². The van der Waals surface area contributed by atoms with Crippen LogP contribution in [0.2, 0.25) is 0 Å². The molecule has 4 rings (SSSR count). The highest BCUT2D eigenvalue weighted by atomic mass is 32.1. The van der Waals surface area contributed by atoms with Crippen LogP contribution in [-0.2, 0) is 4.79 Å². The minimum absolute atomic E-state index is 0.0360. The van der Waals surface area contributed by atoms with E-state index in [-0.39, 0.29) is 16.3 Å². The highest BCUT2D eigenvalue weighted by Gasteiger charge is 2.59. The van der Waals surface area contributed by atoms with Crippen LogP contribution in [-0.4, -0.2) is 21.7 Å². The molecule has 0 radical (unpaired) electrons. The van der Waals surface area contributed by atoms with Gasteiger partial charge in [-0.25, -0.2) is 0 Å². The summed E-state index contributed by atoms with van der Waals surface area (Å²) >= 11 is 5.14. The molecular weight excluding hydrogens is 280 g/mol. The molecule has 2 nitrogen and oxygen atoms in total. The summed E-state index contributed by atoms with van der Waals surface area (Å²) in [4.78, 5) is 11.8. The van der Waals surface area contributed by atoms with Crippen molar-refractivity contribution in [3.8, 4) is 0 Å². The van der Waals surface area contributed by atoms with Gasteiger partial charge in [0.2, 0.25) is 0 Å². The van der Waals surface area contributed by atoms with E-state index in [0.29, 0.717) is 30.0 Å². The van der Waals surface area contributed by atoms with E-state index in [9.17, 15) is 9.90 Å². The maximum atomic E-state index is 11.8. The van der Waals surface area contributed by atoms with Crippen LogP contribution >= 0.6 is 12.6 Å². The molecule has 1 N–H and O–H groups in total. The number of hydrogen-bond donors (Lipinski definition) is 2. The molecule has 0 heterocycles. The zero-order valence-corrected chi connectivity index (χ0v) is 13.7. The van der Waals surface area contributed by atoms with Gasteiger partial charge in [-0.05, 0) is 74.2 Å². The van der Waals surface area contributed by atoms with Crippen LogP contribution in [0.3, 0.4) is 0 Å². The third kappa shape index (κ3) is 1.86. The smallest absolute Gasteiger partial charge is 0.155 e. The van der Waals surface area contributed by atoms with Crippen LogP contribution < -0.4 is 0 Å². The van der Waals surface area contributed by atoms with Gasteiger partial charge >= 0.3 is 0 Å². The third-order valence-electron chi connectivity index (χ3n) is 7.39. The lowest BCUT2D eigenvalue weighted by Crippen LogP contribution is -2.53. The second kappa shape index (κ2) is 4.61. The average molecular weight is 306 g/mol. The maximum absolute atomic E-state index is 11.8. The van der Waals surface area contributed by atoms with Crippen molar-refractivity contribution in [1.29, 1.82) is 0 Å². The Kier molecular flexibility index (Phi) is 3.14. The Morgan fingerprint density at radius 1 is 1.14 bits per heavy atom. The van der Waals surface area contributed by atoms with Crippen molar-refractivity contribution in [2.45, 2.75) is 69.1 Å². The van der Waals surface area contributed by atoms with E-state index < -0.39 is 0 Å². The summed E-state index contributed by atoms with van der Waals surface area (Å²) in [5.41, 5.74) is 1.45. The lowest BCUT2D eigenvalue weighted by atomic mass is 9.52. The normalized spacial score (nSPS) is 52.7. The van der Waals surface area contributed by atoms with Crippen molar-refractivity contribution in [2.75, 3.05) is 0 Å². The van der Waals surface area contributed by atoms with Crippen LogP contribution in [0.25, 0.3) is 0 Å². The number of ketones is 1. The number of aliphatic hydroxyl groups excluding tert-OH is 1. The fraction of sp³-hybridized carbons (Fsp3) is 0.833. The first kappa shape index (κ1) is 14.3. The Hall–Kier alpha value is -0.280. The van der Waals surface area contributed by atoms with E-state index in [0.717, 1.165) is 25.7 Å². The summed E-state index contributed by atoms with van der Waals surface area (Å²) in [6.45, 7) is 2.31. The highest BCUT2D eigenvalue weighted by Crippen LogP contribution is 2.64. The number of fused-ring (bicyclic) bond motifs is 5. The summed E-state index contributed by atoms with van der Waals surface area (Å²) in [5, 5.41) is 10.4. The van der Waals surface area contributed by atoms with Crippen LogP contribution in [0, 0.1) is 23.2 Å². The molecule has 0 bridgehead atoms. The van der Waals surface area contributed by atoms with Crippen LogP contribution in [0.1, 0.15) is 58.3 Å². The Labute approximate surface area is 132 Å². The molecule has 0 aromatic carbocycles. The molecule has 3 fully saturated rings. The average Bonchev–Trinajstić information content (AvgIpc) is 2.76. The van der Waals surface area contributed by atoms with Crippen molar-refractivity contribution in [3.05, 3.63) is 11.6 Å². The van der Waals surface area contributed by atoms with Gasteiger partial charge in [0.25, 0.3) is 0 Å². The van der Waals surface area contributed by atoms with E-state index in [1.807, 2.05) is 6.08 Å². The summed E-state index contributed by atoms with van der Waals surface area (Å²) in [6.07, 6.45) is 10.1. The minimum atomic E-state index is -0.107. The quantitative estimate of drug-likeness (QED) is 0.672. The molecule has 21 heavy (non-hydrogen) atoms. The third-order valence-corrected chi connectivity index (χ3v) is 8.23. The minimum Gasteiger partial charge on any atom is -0.393 e. The van der Waals surface area contributed by atoms with E-state index in [1.54, 1.807) is 0 Å². The summed E-state index contributed by atoms with van der Waals surface area (Å²) < 4.78 is -0.0360. The van der Waals surface area contributed by atoms with E-state index in [1.165, 1.54) is 24.8 Å². The molecule has 116 valence electrons. The van der Waals surface area contributed by atoms with Gasteiger partial charge in [-0.1, -0.05) is 12.5 Å². The van der Waals surface area contributed by atoms with Crippen LogP contribution in [0.4, 0.5) is 0 Å². The summed E-state index contributed by atoms with van der Waals surface area (Å²) in [5.74, 6) is 2.26. The molecule has 3 heteroatoms. The molecule has 0 aromatic heterocycles. The van der Waals surface area contributed by atoms with Gasteiger partial charge in [-0.2, -0.15) is 12.6 Å². The van der Waals surface area contributed by atoms with Crippen molar-refractivity contribution in [3.63, 3.8) is 0 Å². The lowest BCUT2D eigenvalue weighted by molar-refractivity contribution is -0.115. The largest absolute Gasteiger partial charge is 0.393 e. The van der Waals surface area contributed by atoms with Gasteiger partial charge in [0, 0.05) is 11.2 Å². The standard InChI is InChI=1S/C18H26O2S/c1-17-8-7-15-13(14(17)4-5-16(17)20)3-2-11-10-12(19)6-9-18(11,15)21/h10,13-16,20-21H,2-9H2,1H3/t13?,14?,15?,16-,17-,18+/m0/s1. The van der Waals surface area contributed by atoms with Gasteiger partial charge < -0.3 is 5.11 Å². The van der Waals surface area contributed by atoms with Crippen LogP contribution in [0.15, 0.2) is 11.6 Å². The predicted molar refractivity (Wildman–Crippen MR) is 86.3 cm³/mol. The van der Waals surface area contributed by atoms with Crippen molar-refractivity contribution >= 4 is 18.4 Å². The Bertz CT molecular complexity index is 513. The molecule has 6 atom stereocenters. The lowest BCUT2D eigenvalue weighted by Gasteiger charge is -2.57. The molecule has 0 amide bonds. The molecule has 4 aliphatic carbocycles. The van der Waals surface area contributed by atoms with Gasteiger partial charge in [0.15, 0.2) is 5.78 Å². The fourth-order valence-corrected chi connectivity index (χ4v) is 6.76. The summed E-state index contributed by atoms with van der Waals surface area (Å²) in [7, 11) is 0. The topological polar surface area (TPSA) is 37.3 Å². The van der Waals surface area contributed by atoms with E-state index >= 15 is 0 Å². The second-order valence-electron chi connectivity index (χ2n) is 8.11. The molecule has 3 saturated carbocycles. The molecule has 0 saturated heterocycles. The zero-order chi connectivity index (χ0) is 14.8. The molecule has 3 unspecified atom stereocenters. The highest BCUT2D eigenvalue weighted by molar-refractivity contribution is 7.82. The first-order valence-electron chi connectivity index (χ1n) is 8.59. The number of carbonyl (C=O) groups excluding carboxylic acids is 1. The van der Waals surface area contributed by atoms with Crippen LogP contribution in [0.5, 0.6) is 0 Å². The molecule has 0 spiro atoms. The molecule has 0 aromatic rings. The molecule has 0 aliphatic heterocycles. The predicted octanol–water partition coefficient (Wildman–Crippen LogP) is 3.54. The van der Waals surface area contributed by atoms with Crippen molar-refractivity contribution in [1.82, 2.24) is 0 Å². The SMILES string of the molecule is C[C@]12CCC3C(CCC4=CC(=O)CC[C@@]43S)C1CC[C@@H]2O. The number of aliphatic hydroxyl groups is 1. The van der Waals surface area contributed by atoms with Gasteiger partial charge in [0.05, 0.1) is 6.10 Å². The van der Waals surface area contributed by atoms with Gasteiger partial charge in [0.1, 0.15) is 0 Å².